The van der Waals surface area contributed by atoms with Crippen molar-refractivity contribution in [3.05, 3.63) is 35.4 Å². The van der Waals surface area contributed by atoms with Crippen LogP contribution in [0.15, 0.2) is 29.3 Å². The van der Waals surface area contributed by atoms with Gasteiger partial charge in [-0.3, -0.25) is 10.3 Å². The quantitative estimate of drug-likeness (QED) is 0.742. The maximum Gasteiger partial charge on any atom is 0.0891 e. The summed E-state index contributed by atoms with van der Waals surface area (Å²) in [6.45, 7) is 8.36. The number of hydrogen-bond acceptors (Lipinski definition) is 2. The van der Waals surface area contributed by atoms with Gasteiger partial charge in [0.15, 0.2) is 0 Å². The summed E-state index contributed by atoms with van der Waals surface area (Å²) in [5.74, 6) is 0. The van der Waals surface area contributed by atoms with E-state index in [2.05, 4.69) is 55.3 Å². The second-order valence-corrected chi connectivity index (χ2v) is 5.02. The molecule has 2 nitrogen and oxygen atoms in total. The predicted molar refractivity (Wildman–Crippen MR) is 64.5 cm³/mol. The molecule has 1 aliphatic heterocycles. The van der Waals surface area contributed by atoms with E-state index in [1.807, 2.05) is 0 Å². The van der Waals surface area contributed by atoms with E-state index < -0.39 is 0 Å². The van der Waals surface area contributed by atoms with Gasteiger partial charge in [-0.15, -0.1) is 0 Å². The van der Waals surface area contributed by atoms with Gasteiger partial charge in [-0.2, -0.15) is 0 Å². The third-order valence-corrected chi connectivity index (χ3v) is 2.76. The SMILES string of the molecule is CC(C)(C)c1ccc(C2=NCNC2)cc1. The summed E-state index contributed by atoms with van der Waals surface area (Å²) in [5, 5.41) is 3.21. The molecule has 0 atom stereocenters. The Morgan fingerprint density at radius 1 is 1.13 bits per heavy atom. The second kappa shape index (κ2) is 3.78. The third kappa shape index (κ3) is 2.26. The molecule has 0 spiro atoms. The smallest absolute Gasteiger partial charge is 0.0891 e. The molecular formula is C13H18N2. The Morgan fingerprint density at radius 2 is 1.80 bits per heavy atom. The van der Waals surface area contributed by atoms with Crippen LogP contribution in [0.1, 0.15) is 31.9 Å². The number of aliphatic imine (C=N–C) groups is 1. The van der Waals surface area contributed by atoms with E-state index in [-0.39, 0.29) is 5.41 Å². The first-order valence-electron chi connectivity index (χ1n) is 5.42. The van der Waals surface area contributed by atoms with Crippen LogP contribution in [0.4, 0.5) is 0 Å². The zero-order chi connectivity index (χ0) is 10.9. The molecule has 15 heavy (non-hydrogen) atoms. The van der Waals surface area contributed by atoms with Crippen LogP contribution in [-0.2, 0) is 5.41 Å². The molecule has 1 N–H and O–H groups in total. The molecule has 0 unspecified atom stereocenters. The Labute approximate surface area is 91.4 Å². The maximum absolute atomic E-state index is 4.40. The van der Waals surface area contributed by atoms with E-state index in [0.717, 1.165) is 13.2 Å². The highest BCUT2D eigenvalue weighted by Crippen LogP contribution is 2.22. The fraction of sp³-hybridized carbons (Fsp3) is 0.462. The molecule has 0 saturated heterocycles. The largest absolute Gasteiger partial charge is 0.293 e. The summed E-state index contributed by atoms with van der Waals surface area (Å²) < 4.78 is 0. The average molecular weight is 202 g/mol. The van der Waals surface area contributed by atoms with Gasteiger partial charge in [-0.05, 0) is 16.5 Å². The molecule has 2 heteroatoms. The molecule has 0 amide bonds. The van der Waals surface area contributed by atoms with Gasteiger partial charge in [-0.25, -0.2) is 0 Å². The zero-order valence-corrected chi connectivity index (χ0v) is 9.67. The van der Waals surface area contributed by atoms with Gasteiger partial charge in [-0.1, -0.05) is 45.0 Å². The van der Waals surface area contributed by atoms with Crippen LogP contribution in [0.3, 0.4) is 0 Å². The lowest BCUT2D eigenvalue weighted by Crippen LogP contribution is -2.15. The molecule has 0 radical (unpaired) electrons. The minimum absolute atomic E-state index is 0.230. The molecule has 1 heterocycles. The summed E-state index contributed by atoms with van der Waals surface area (Å²) in [6, 6.07) is 8.76. The maximum atomic E-state index is 4.40. The second-order valence-electron chi connectivity index (χ2n) is 5.02. The highest BCUT2D eigenvalue weighted by atomic mass is 15.1. The van der Waals surface area contributed by atoms with Crippen molar-refractivity contribution in [2.45, 2.75) is 26.2 Å². The van der Waals surface area contributed by atoms with Gasteiger partial charge in [0.1, 0.15) is 0 Å². The normalized spacial score (nSPS) is 16.6. The Bertz CT molecular complexity index is 369. The first-order chi connectivity index (χ1) is 7.07. The average Bonchev–Trinajstić information content (AvgIpc) is 2.69. The van der Waals surface area contributed by atoms with Crippen molar-refractivity contribution in [2.75, 3.05) is 13.2 Å². The Morgan fingerprint density at radius 3 is 2.27 bits per heavy atom. The summed E-state index contributed by atoms with van der Waals surface area (Å²) in [6.07, 6.45) is 0. The molecule has 0 aliphatic carbocycles. The van der Waals surface area contributed by atoms with Crippen LogP contribution >= 0.6 is 0 Å². The van der Waals surface area contributed by atoms with Crippen molar-refractivity contribution in [3.63, 3.8) is 0 Å². The standard InChI is InChI=1S/C13H18N2/c1-13(2,3)11-6-4-10(5-7-11)12-8-14-9-15-12/h4-7,14H,8-9H2,1-3H3. The van der Waals surface area contributed by atoms with Crippen LogP contribution in [0.2, 0.25) is 0 Å². The number of nitrogens with one attached hydrogen (secondary N) is 1. The van der Waals surface area contributed by atoms with Crippen molar-refractivity contribution in [1.82, 2.24) is 5.32 Å². The number of nitrogens with zero attached hydrogens (tertiary/aromatic N) is 1. The number of hydrogen-bond donors (Lipinski definition) is 1. The Hall–Kier alpha value is -1.15. The van der Waals surface area contributed by atoms with Gasteiger partial charge < -0.3 is 0 Å². The van der Waals surface area contributed by atoms with Crippen molar-refractivity contribution in [1.29, 1.82) is 0 Å². The van der Waals surface area contributed by atoms with E-state index in [1.165, 1.54) is 16.8 Å². The molecule has 80 valence electrons. The molecule has 0 saturated carbocycles. The lowest BCUT2D eigenvalue weighted by atomic mass is 9.86. The van der Waals surface area contributed by atoms with E-state index in [9.17, 15) is 0 Å². The van der Waals surface area contributed by atoms with Gasteiger partial charge in [0.05, 0.1) is 12.4 Å². The first-order valence-corrected chi connectivity index (χ1v) is 5.42. The van der Waals surface area contributed by atoms with E-state index >= 15 is 0 Å². The van der Waals surface area contributed by atoms with Crippen LogP contribution in [0.25, 0.3) is 0 Å². The number of rotatable bonds is 1. The molecule has 0 fully saturated rings. The van der Waals surface area contributed by atoms with Crippen molar-refractivity contribution in [2.24, 2.45) is 4.99 Å². The predicted octanol–water partition coefficient (Wildman–Crippen LogP) is 2.33. The fourth-order valence-corrected chi connectivity index (χ4v) is 1.74. The Balaban J connectivity index is 2.24. The van der Waals surface area contributed by atoms with Crippen LogP contribution in [0.5, 0.6) is 0 Å². The first kappa shape index (κ1) is 10.4. The highest BCUT2D eigenvalue weighted by Gasteiger charge is 2.14. The molecular weight excluding hydrogens is 184 g/mol. The summed E-state index contributed by atoms with van der Waals surface area (Å²) in [7, 11) is 0. The zero-order valence-electron chi connectivity index (χ0n) is 9.67. The molecule has 0 bridgehead atoms. The van der Waals surface area contributed by atoms with Crippen molar-refractivity contribution < 1.29 is 0 Å². The topological polar surface area (TPSA) is 24.4 Å². The van der Waals surface area contributed by atoms with Crippen molar-refractivity contribution in [3.8, 4) is 0 Å². The minimum atomic E-state index is 0.230. The van der Waals surface area contributed by atoms with E-state index in [0.29, 0.717) is 0 Å². The molecule has 2 rings (SSSR count). The summed E-state index contributed by atoms with van der Waals surface area (Å²) in [5.41, 5.74) is 4.02. The fourth-order valence-electron chi connectivity index (χ4n) is 1.74. The Kier molecular flexibility index (Phi) is 2.61. The number of benzene rings is 1. The lowest BCUT2D eigenvalue weighted by molar-refractivity contribution is 0.590. The van der Waals surface area contributed by atoms with E-state index in [1.54, 1.807) is 0 Å². The van der Waals surface area contributed by atoms with Crippen LogP contribution in [-0.4, -0.2) is 18.9 Å². The van der Waals surface area contributed by atoms with Gasteiger partial charge >= 0.3 is 0 Å². The van der Waals surface area contributed by atoms with E-state index in [4.69, 9.17) is 0 Å². The minimum Gasteiger partial charge on any atom is -0.293 e. The molecule has 0 aromatic heterocycles. The monoisotopic (exact) mass is 202 g/mol. The molecule has 1 aliphatic rings. The van der Waals surface area contributed by atoms with Gasteiger partial charge in [0.2, 0.25) is 0 Å². The van der Waals surface area contributed by atoms with Crippen LogP contribution < -0.4 is 5.32 Å². The molecule has 1 aromatic rings. The molecule has 1 aromatic carbocycles. The third-order valence-electron chi connectivity index (χ3n) is 2.76. The summed E-state index contributed by atoms with van der Waals surface area (Å²) in [4.78, 5) is 4.40. The summed E-state index contributed by atoms with van der Waals surface area (Å²) >= 11 is 0. The van der Waals surface area contributed by atoms with Gasteiger partial charge in [0, 0.05) is 6.54 Å². The van der Waals surface area contributed by atoms with Crippen LogP contribution in [0, 0.1) is 0 Å². The van der Waals surface area contributed by atoms with Gasteiger partial charge in [0.25, 0.3) is 0 Å². The highest BCUT2D eigenvalue weighted by molar-refractivity contribution is 6.02. The lowest BCUT2D eigenvalue weighted by Gasteiger charge is -2.19. The van der Waals surface area contributed by atoms with Crippen molar-refractivity contribution >= 4 is 5.71 Å².